The lowest BCUT2D eigenvalue weighted by Crippen LogP contribution is -2.43. The van der Waals surface area contributed by atoms with Gasteiger partial charge >= 0.3 is 5.69 Å². The number of aliphatic hydroxyl groups is 1. The Bertz CT molecular complexity index is 1730. The van der Waals surface area contributed by atoms with Crippen LogP contribution in [0.5, 0.6) is 11.5 Å². The molecule has 0 saturated carbocycles. The van der Waals surface area contributed by atoms with Crippen molar-refractivity contribution in [2.45, 2.75) is 64.7 Å². The number of β-amino-alcohol motifs (C(OH)–C–C–N with tert-alkyl or cyclic N) is 1. The van der Waals surface area contributed by atoms with Gasteiger partial charge in [0.2, 0.25) is 0 Å². The maximum absolute atomic E-state index is 13.6. The molecule has 2 saturated heterocycles. The van der Waals surface area contributed by atoms with Crippen LogP contribution in [0, 0.1) is 5.92 Å². The van der Waals surface area contributed by atoms with Crippen molar-refractivity contribution in [2.75, 3.05) is 40.5 Å². The predicted molar refractivity (Wildman–Crippen MR) is 173 cm³/mol. The van der Waals surface area contributed by atoms with E-state index < -0.39 is 16.9 Å². The zero-order chi connectivity index (χ0) is 32.4. The molecule has 2 aliphatic heterocycles. The van der Waals surface area contributed by atoms with Gasteiger partial charge in [-0.2, -0.15) is 5.10 Å². The van der Waals surface area contributed by atoms with E-state index in [1.54, 1.807) is 43.1 Å². The zero-order valence-electron chi connectivity index (χ0n) is 27.2. The molecule has 1 N–H and O–H groups in total. The molecule has 6 rings (SSSR count). The topological polar surface area (TPSA) is 116 Å². The number of fused-ring (bicyclic) bond motifs is 1. The van der Waals surface area contributed by atoms with Crippen molar-refractivity contribution in [3.63, 3.8) is 0 Å². The summed E-state index contributed by atoms with van der Waals surface area (Å²) in [5, 5.41) is 14.6. The number of methoxy groups -OCH3 is 2. The molecule has 0 unspecified atom stereocenters. The number of hydrogen-bond donors (Lipinski definition) is 1. The van der Waals surface area contributed by atoms with Crippen LogP contribution in [-0.4, -0.2) is 80.4 Å². The monoisotopic (exact) mass is 619 g/mol. The molecule has 1 aromatic carbocycles. The first-order chi connectivity index (χ1) is 21.4. The second-order valence-electron chi connectivity index (χ2n) is 13.2. The minimum absolute atomic E-state index is 0.0578. The van der Waals surface area contributed by atoms with E-state index in [2.05, 4.69) is 36.0 Å². The van der Waals surface area contributed by atoms with E-state index in [0.717, 1.165) is 44.5 Å². The van der Waals surface area contributed by atoms with Crippen LogP contribution in [0.3, 0.4) is 0 Å². The third kappa shape index (κ3) is 8.22. The van der Waals surface area contributed by atoms with Crippen LogP contribution in [0.25, 0.3) is 11.2 Å². The number of aromatic nitrogens is 4. The van der Waals surface area contributed by atoms with Gasteiger partial charge < -0.3 is 24.2 Å². The molecular formula is C34H45N5O6. The van der Waals surface area contributed by atoms with E-state index in [-0.39, 0.29) is 12.1 Å². The van der Waals surface area contributed by atoms with Crippen molar-refractivity contribution in [3.8, 4) is 17.2 Å². The molecule has 0 aliphatic carbocycles. The molecule has 0 atom stereocenters. The average Bonchev–Trinajstić information content (AvgIpc) is 3.54. The third-order valence-corrected chi connectivity index (χ3v) is 8.28. The summed E-state index contributed by atoms with van der Waals surface area (Å²) in [5.74, 6) is 1.71. The van der Waals surface area contributed by atoms with Crippen molar-refractivity contribution >= 4 is 5.52 Å². The van der Waals surface area contributed by atoms with E-state index >= 15 is 0 Å². The number of hydrogen-bond acceptors (Lipinski definition) is 8. The minimum Gasteiger partial charge on any atom is -0.497 e. The van der Waals surface area contributed by atoms with Crippen LogP contribution >= 0.6 is 0 Å². The van der Waals surface area contributed by atoms with Gasteiger partial charge in [0, 0.05) is 36.6 Å². The standard InChI is InChI=1S/C30H37N5O5.C4H8O/c1-30(2,38)20-32-11-7-21(8-12-32)15-22-9-14-35-25(16-22)26(18-31-35)33-13-10-28(36)34(29(33)37)19-23-5-6-24(39-3)17-27(23)40-4;1-4(2)3-5-4/h5-6,9-10,13-14,16-18,21,38H,7-8,11-12,15,19-20H2,1-4H3;3H2,1-2H3. The first-order valence-electron chi connectivity index (χ1n) is 15.4. The predicted octanol–water partition coefficient (Wildman–Crippen LogP) is 3.53. The Morgan fingerprint density at radius 1 is 1.04 bits per heavy atom. The summed E-state index contributed by atoms with van der Waals surface area (Å²) in [7, 11) is 3.11. The fourth-order valence-electron chi connectivity index (χ4n) is 5.70. The summed E-state index contributed by atoms with van der Waals surface area (Å²) in [6, 6.07) is 10.8. The fourth-order valence-corrected chi connectivity index (χ4v) is 5.70. The average molecular weight is 620 g/mol. The largest absolute Gasteiger partial charge is 0.497 e. The lowest BCUT2D eigenvalue weighted by atomic mass is 9.90. The van der Waals surface area contributed by atoms with Crippen molar-refractivity contribution in [1.82, 2.24) is 23.6 Å². The highest BCUT2D eigenvalue weighted by Gasteiger charge is 2.32. The van der Waals surface area contributed by atoms with Gasteiger partial charge in [-0.25, -0.2) is 9.31 Å². The SMILES string of the molecule is CC1(C)CO1.COc1ccc(Cn2c(=O)ccn(-c3cnn4ccc(CC5CCN(CC(C)(C)O)CC5)cc34)c2=O)c(OC)c1. The van der Waals surface area contributed by atoms with E-state index in [0.29, 0.717) is 35.2 Å². The van der Waals surface area contributed by atoms with Crippen LogP contribution < -0.4 is 20.7 Å². The van der Waals surface area contributed by atoms with E-state index in [9.17, 15) is 14.7 Å². The lowest BCUT2D eigenvalue weighted by Gasteiger charge is -2.35. The molecule has 0 bridgehead atoms. The number of nitrogens with zero attached hydrogens (tertiary/aromatic N) is 5. The highest BCUT2D eigenvalue weighted by Crippen LogP contribution is 2.26. The molecule has 5 heterocycles. The molecule has 2 fully saturated rings. The smallest absolute Gasteiger partial charge is 0.336 e. The zero-order valence-corrected chi connectivity index (χ0v) is 27.2. The molecular weight excluding hydrogens is 574 g/mol. The van der Waals surface area contributed by atoms with Gasteiger partial charge in [-0.3, -0.25) is 13.9 Å². The van der Waals surface area contributed by atoms with Crippen molar-refractivity contribution in [1.29, 1.82) is 0 Å². The van der Waals surface area contributed by atoms with E-state index in [1.165, 1.54) is 27.0 Å². The Morgan fingerprint density at radius 3 is 2.38 bits per heavy atom. The summed E-state index contributed by atoms with van der Waals surface area (Å²) in [6.45, 7) is 11.5. The third-order valence-electron chi connectivity index (χ3n) is 8.28. The summed E-state index contributed by atoms with van der Waals surface area (Å²) in [4.78, 5) is 28.7. The second kappa shape index (κ2) is 13.2. The molecule has 4 aromatic rings. The minimum atomic E-state index is -0.683. The highest BCUT2D eigenvalue weighted by molar-refractivity contribution is 5.64. The molecule has 0 amide bonds. The highest BCUT2D eigenvalue weighted by atomic mass is 16.6. The van der Waals surface area contributed by atoms with Crippen LogP contribution in [0.1, 0.15) is 51.7 Å². The first-order valence-corrected chi connectivity index (χ1v) is 15.4. The normalized spacial score (nSPS) is 16.7. The molecule has 0 spiro atoms. The van der Waals surface area contributed by atoms with Crippen molar-refractivity contribution < 1.29 is 19.3 Å². The fraction of sp³-hybridized carbons (Fsp3) is 0.500. The second-order valence-corrected chi connectivity index (χ2v) is 13.2. The number of pyridine rings is 1. The number of likely N-dealkylation sites (tertiary alicyclic amines) is 1. The van der Waals surface area contributed by atoms with Gasteiger partial charge in [0.1, 0.15) is 11.5 Å². The number of ether oxygens (including phenoxy) is 3. The maximum atomic E-state index is 13.6. The molecule has 242 valence electrons. The van der Waals surface area contributed by atoms with Crippen molar-refractivity contribution in [3.05, 3.63) is 87.0 Å². The Balaban J connectivity index is 0.000000729. The van der Waals surface area contributed by atoms with Crippen LogP contribution in [-0.2, 0) is 17.7 Å². The summed E-state index contributed by atoms with van der Waals surface area (Å²) < 4.78 is 20.0. The van der Waals surface area contributed by atoms with Gasteiger partial charge in [-0.05, 0) is 95.8 Å². The summed E-state index contributed by atoms with van der Waals surface area (Å²) in [5.41, 5.74) is 2.00. The maximum Gasteiger partial charge on any atom is 0.336 e. The van der Waals surface area contributed by atoms with Gasteiger partial charge in [-0.15, -0.1) is 0 Å². The lowest BCUT2D eigenvalue weighted by molar-refractivity contribution is 0.0244. The molecule has 2 aliphatic rings. The number of rotatable bonds is 9. The Labute approximate surface area is 263 Å². The summed E-state index contributed by atoms with van der Waals surface area (Å²) in [6.07, 6.45) is 8.16. The van der Waals surface area contributed by atoms with Crippen LogP contribution in [0.15, 0.2) is 64.6 Å². The Morgan fingerprint density at radius 2 is 1.76 bits per heavy atom. The van der Waals surface area contributed by atoms with E-state index in [1.807, 2.05) is 20.0 Å². The Kier molecular flexibility index (Phi) is 9.52. The van der Waals surface area contributed by atoms with Gasteiger partial charge in [0.05, 0.1) is 56.0 Å². The molecule has 11 nitrogen and oxygen atoms in total. The number of benzene rings is 1. The number of epoxide rings is 1. The van der Waals surface area contributed by atoms with Crippen LogP contribution in [0.2, 0.25) is 0 Å². The number of piperidine rings is 1. The molecule has 0 radical (unpaired) electrons. The van der Waals surface area contributed by atoms with Crippen molar-refractivity contribution in [2.24, 2.45) is 5.92 Å². The molecule has 11 heteroatoms. The summed E-state index contributed by atoms with van der Waals surface area (Å²) >= 11 is 0. The van der Waals surface area contributed by atoms with Gasteiger partial charge in [0.15, 0.2) is 0 Å². The molecule has 45 heavy (non-hydrogen) atoms. The molecule has 3 aromatic heterocycles. The first kappa shape index (κ1) is 32.5. The van der Waals surface area contributed by atoms with Gasteiger partial charge in [0.25, 0.3) is 5.56 Å². The Hall–Kier alpha value is -3.93. The van der Waals surface area contributed by atoms with E-state index in [4.69, 9.17) is 14.2 Å². The van der Waals surface area contributed by atoms with Gasteiger partial charge in [-0.1, -0.05) is 0 Å². The van der Waals surface area contributed by atoms with Crippen LogP contribution in [0.4, 0.5) is 0 Å². The quantitative estimate of drug-likeness (QED) is 0.283.